The summed E-state index contributed by atoms with van der Waals surface area (Å²) in [5, 5.41) is 11.1. The van der Waals surface area contributed by atoms with Crippen LogP contribution in [-0.4, -0.2) is 50.8 Å². The number of halogens is 1. The van der Waals surface area contributed by atoms with E-state index in [9.17, 15) is 9.18 Å². The molecule has 8 nitrogen and oxygen atoms in total. The molecule has 160 valence electrons. The van der Waals surface area contributed by atoms with E-state index in [0.29, 0.717) is 29.9 Å². The molecule has 4 heterocycles. The second-order valence-electron chi connectivity index (χ2n) is 8.11. The van der Waals surface area contributed by atoms with Crippen molar-refractivity contribution in [2.75, 3.05) is 25.5 Å². The molecule has 5 rings (SSSR count). The van der Waals surface area contributed by atoms with Crippen LogP contribution < -0.4 is 10.1 Å². The number of rotatable bonds is 5. The molecular weight excluding hydrogens is 399 g/mol. The van der Waals surface area contributed by atoms with E-state index in [1.807, 2.05) is 16.7 Å². The summed E-state index contributed by atoms with van der Waals surface area (Å²) in [6, 6.07) is 9.78. The number of carbonyl (C=O) groups is 1. The molecule has 2 unspecified atom stereocenters. The van der Waals surface area contributed by atoms with Crippen molar-refractivity contribution in [2.24, 2.45) is 11.8 Å². The highest BCUT2D eigenvalue weighted by Gasteiger charge is 2.39. The van der Waals surface area contributed by atoms with Gasteiger partial charge < -0.3 is 14.6 Å². The molecule has 0 aliphatic carbocycles. The molecule has 0 saturated carbocycles. The molecule has 1 N–H and O–H groups in total. The van der Waals surface area contributed by atoms with Crippen molar-refractivity contribution in [1.29, 1.82) is 0 Å². The Bertz CT molecular complexity index is 1120. The molecule has 2 aliphatic heterocycles. The lowest BCUT2D eigenvalue weighted by Crippen LogP contribution is -2.31. The highest BCUT2D eigenvalue weighted by atomic mass is 19.1. The normalized spacial score (nSPS) is 20.2. The zero-order chi connectivity index (χ0) is 21.4. The number of anilines is 1. The maximum absolute atomic E-state index is 13.4. The van der Waals surface area contributed by atoms with Crippen LogP contribution in [0.1, 0.15) is 22.0 Å². The van der Waals surface area contributed by atoms with E-state index in [1.165, 1.54) is 12.1 Å². The SMILES string of the molecule is COc1ncccc1CN1CC2Cc3nnc(C(=O)Nc4cccc(F)c4)n3CC2C1. The van der Waals surface area contributed by atoms with E-state index in [-0.39, 0.29) is 11.7 Å². The van der Waals surface area contributed by atoms with E-state index in [4.69, 9.17) is 4.74 Å². The lowest BCUT2D eigenvalue weighted by Gasteiger charge is -2.25. The number of nitrogens with zero attached hydrogens (tertiary/aromatic N) is 5. The lowest BCUT2D eigenvalue weighted by atomic mass is 9.89. The number of benzene rings is 1. The molecule has 0 radical (unpaired) electrons. The number of nitrogens with one attached hydrogen (secondary N) is 1. The molecule has 1 fully saturated rings. The monoisotopic (exact) mass is 422 g/mol. The number of amides is 1. The maximum Gasteiger partial charge on any atom is 0.293 e. The molecule has 2 aliphatic rings. The van der Waals surface area contributed by atoms with Crippen LogP contribution in [0.5, 0.6) is 5.88 Å². The lowest BCUT2D eigenvalue weighted by molar-refractivity contribution is 0.100. The zero-order valence-corrected chi connectivity index (χ0v) is 17.2. The van der Waals surface area contributed by atoms with Crippen LogP contribution in [-0.2, 0) is 19.5 Å². The van der Waals surface area contributed by atoms with Crippen LogP contribution in [0.25, 0.3) is 0 Å². The Kier molecular flexibility index (Phi) is 5.11. The third-order valence-electron chi connectivity index (χ3n) is 6.06. The molecule has 0 spiro atoms. The second kappa shape index (κ2) is 8.07. The summed E-state index contributed by atoms with van der Waals surface area (Å²) in [6.07, 6.45) is 2.51. The van der Waals surface area contributed by atoms with Gasteiger partial charge in [-0.15, -0.1) is 10.2 Å². The molecule has 0 bridgehead atoms. The molecule has 3 aromatic rings. The Hall–Kier alpha value is -3.33. The number of likely N-dealkylation sites (tertiary alicyclic amines) is 1. The second-order valence-corrected chi connectivity index (χ2v) is 8.11. The van der Waals surface area contributed by atoms with E-state index < -0.39 is 5.82 Å². The Balaban J connectivity index is 1.28. The third-order valence-corrected chi connectivity index (χ3v) is 6.06. The van der Waals surface area contributed by atoms with Gasteiger partial charge in [0.1, 0.15) is 11.6 Å². The number of hydrogen-bond donors (Lipinski definition) is 1. The first kappa shape index (κ1) is 19.6. The van der Waals surface area contributed by atoms with Crippen LogP contribution >= 0.6 is 0 Å². The molecule has 1 aromatic carbocycles. The van der Waals surface area contributed by atoms with Crippen molar-refractivity contribution >= 4 is 11.6 Å². The largest absolute Gasteiger partial charge is 0.481 e. The van der Waals surface area contributed by atoms with Gasteiger partial charge in [0.25, 0.3) is 5.91 Å². The van der Waals surface area contributed by atoms with Crippen molar-refractivity contribution in [1.82, 2.24) is 24.6 Å². The smallest absolute Gasteiger partial charge is 0.293 e. The average Bonchev–Trinajstić information content (AvgIpc) is 3.35. The van der Waals surface area contributed by atoms with Gasteiger partial charge in [-0.3, -0.25) is 9.69 Å². The van der Waals surface area contributed by atoms with Gasteiger partial charge in [-0.25, -0.2) is 9.37 Å². The summed E-state index contributed by atoms with van der Waals surface area (Å²) in [7, 11) is 1.64. The van der Waals surface area contributed by atoms with Gasteiger partial charge in [0.05, 0.1) is 7.11 Å². The predicted octanol–water partition coefficient (Wildman–Crippen LogP) is 2.38. The Morgan fingerprint density at radius 3 is 2.90 bits per heavy atom. The van der Waals surface area contributed by atoms with Crippen molar-refractivity contribution in [3.63, 3.8) is 0 Å². The fraction of sp³-hybridized carbons (Fsp3) is 0.364. The van der Waals surface area contributed by atoms with Crippen molar-refractivity contribution < 1.29 is 13.9 Å². The van der Waals surface area contributed by atoms with Crippen LogP contribution in [0.15, 0.2) is 42.6 Å². The van der Waals surface area contributed by atoms with Crippen molar-refractivity contribution in [3.8, 4) is 5.88 Å². The highest BCUT2D eigenvalue weighted by molar-refractivity contribution is 6.01. The minimum atomic E-state index is -0.403. The van der Waals surface area contributed by atoms with Crippen molar-refractivity contribution in [3.05, 3.63) is 65.6 Å². The molecule has 2 aromatic heterocycles. The summed E-state index contributed by atoms with van der Waals surface area (Å²) in [5.41, 5.74) is 1.46. The quantitative estimate of drug-likeness (QED) is 0.680. The van der Waals surface area contributed by atoms with E-state index in [0.717, 1.165) is 37.4 Å². The Morgan fingerprint density at radius 1 is 1.19 bits per heavy atom. The molecule has 2 atom stereocenters. The average molecular weight is 422 g/mol. The Morgan fingerprint density at radius 2 is 2.06 bits per heavy atom. The molecule has 31 heavy (non-hydrogen) atoms. The zero-order valence-electron chi connectivity index (χ0n) is 17.2. The third kappa shape index (κ3) is 3.88. The van der Waals surface area contributed by atoms with Gasteiger partial charge in [-0.05, 0) is 36.1 Å². The molecule has 1 saturated heterocycles. The Labute approximate surface area is 179 Å². The van der Waals surface area contributed by atoms with Gasteiger partial charge >= 0.3 is 0 Å². The van der Waals surface area contributed by atoms with Crippen LogP contribution in [0.4, 0.5) is 10.1 Å². The number of methoxy groups -OCH3 is 1. The van der Waals surface area contributed by atoms with Gasteiger partial charge in [0.15, 0.2) is 0 Å². The predicted molar refractivity (Wildman–Crippen MR) is 111 cm³/mol. The van der Waals surface area contributed by atoms with Gasteiger partial charge in [-0.2, -0.15) is 0 Å². The summed E-state index contributed by atoms with van der Waals surface area (Å²) < 4.78 is 20.7. The van der Waals surface area contributed by atoms with Crippen LogP contribution in [0.2, 0.25) is 0 Å². The van der Waals surface area contributed by atoms with Crippen molar-refractivity contribution in [2.45, 2.75) is 19.5 Å². The number of ether oxygens (including phenoxy) is 1. The summed E-state index contributed by atoms with van der Waals surface area (Å²) in [6.45, 7) is 3.35. The molecule has 1 amide bonds. The number of fused-ring (bicyclic) bond motifs is 2. The van der Waals surface area contributed by atoms with Crippen LogP contribution in [0.3, 0.4) is 0 Å². The number of hydrogen-bond acceptors (Lipinski definition) is 6. The van der Waals surface area contributed by atoms with Gasteiger partial charge in [0.2, 0.25) is 11.7 Å². The standard InChI is InChI=1S/C22H23FN6O2/c1-31-22-14(4-3-7-24-22)10-28-11-15-8-19-26-27-20(29(19)13-16(15)12-28)21(30)25-18-6-2-5-17(23)9-18/h2-7,9,15-16H,8,10-13H2,1H3,(H,25,30). The first-order chi connectivity index (χ1) is 15.1. The summed E-state index contributed by atoms with van der Waals surface area (Å²) >= 11 is 0. The van der Waals surface area contributed by atoms with E-state index in [2.05, 4.69) is 25.4 Å². The maximum atomic E-state index is 13.4. The topological polar surface area (TPSA) is 85.2 Å². The number of aromatic nitrogens is 4. The van der Waals surface area contributed by atoms with Crippen LogP contribution in [0, 0.1) is 17.7 Å². The van der Waals surface area contributed by atoms with Gasteiger partial charge in [-0.1, -0.05) is 12.1 Å². The van der Waals surface area contributed by atoms with Gasteiger partial charge in [0, 0.05) is 50.0 Å². The molecular formula is C22H23FN6O2. The number of carbonyl (C=O) groups excluding carboxylic acids is 1. The number of pyridine rings is 1. The molecule has 9 heteroatoms. The fourth-order valence-corrected chi connectivity index (χ4v) is 4.64. The van der Waals surface area contributed by atoms with E-state index in [1.54, 1.807) is 25.4 Å². The summed E-state index contributed by atoms with van der Waals surface area (Å²) in [5.74, 6) is 1.85. The van der Waals surface area contributed by atoms with E-state index >= 15 is 0 Å². The first-order valence-electron chi connectivity index (χ1n) is 10.3. The summed E-state index contributed by atoms with van der Waals surface area (Å²) in [4.78, 5) is 19.4. The minimum Gasteiger partial charge on any atom is -0.481 e. The highest BCUT2D eigenvalue weighted by Crippen LogP contribution is 2.34. The first-order valence-corrected chi connectivity index (χ1v) is 10.3. The minimum absolute atomic E-state index is 0.269. The fourth-order valence-electron chi connectivity index (χ4n) is 4.64.